The SMILES string of the molecule is CC(=O)CC(CC(C)=O)C(N)=O. The zero-order chi connectivity index (χ0) is 9.72. The molecule has 0 atom stereocenters. The number of nitrogens with two attached hydrogens (primary N) is 1. The van der Waals surface area contributed by atoms with Crippen molar-refractivity contribution >= 4 is 17.5 Å². The summed E-state index contributed by atoms with van der Waals surface area (Å²) in [4.78, 5) is 31.9. The van der Waals surface area contributed by atoms with Crippen molar-refractivity contribution in [3.8, 4) is 0 Å². The first-order valence-corrected chi connectivity index (χ1v) is 3.71. The number of ketones is 2. The Kier molecular flexibility index (Phi) is 4.18. The second-order valence-corrected chi connectivity index (χ2v) is 2.91. The molecule has 2 N–H and O–H groups in total. The maximum Gasteiger partial charge on any atom is 0.221 e. The lowest BCUT2D eigenvalue weighted by Crippen LogP contribution is -2.26. The summed E-state index contributed by atoms with van der Waals surface area (Å²) in [5, 5.41) is 0. The molecule has 68 valence electrons. The van der Waals surface area contributed by atoms with Gasteiger partial charge in [0, 0.05) is 12.8 Å². The van der Waals surface area contributed by atoms with Crippen molar-refractivity contribution in [2.75, 3.05) is 0 Å². The predicted molar refractivity (Wildman–Crippen MR) is 43.3 cm³/mol. The second kappa shape index (κ2) is 4.64. The van der Waals surface area contributed by atoms with Crippen molar-refractivity contribution in [3.63, 3.8) is 0 Å². The first-order chi connectivity index (χ1) is 5.43. The Labute approximate surface area is 71.1 Å². The molecule has 0 fully saturated rings. The summed E-state index contributed by atoms with van der Waals surface area (Å²) in [5.41, 5.74) is 4.99. The molecule has 12 heavy (non-hydrogen) atoms. The van der Waals surface area contributed by atoms with E-state index in [0.29, 0.717) is 0 Å². The lowest BCUT2D eigenvalue weighted by molar-refractivity contribution is -0.129. The van der Waals surface area contributed by atoms with Gasteiger partial charge in [-0.05, 0) is 13.8 Å². The van der Waals surface area contributed by atoms with Crippen LogP contribution in [0.4, 0.5) is 0 Å². The summed E-state index contributed by atoms with van der Waals surface area (Å²) in [6, 6.07) is 0. The van der Waals surface area contributed by atoms with Crippen LogP contribution in [-0.2, 0) is 14.4 Å². The highest BCUT2D eigenvalue weighted by Gasteiger charge is 2.18. The molecule has 0 rings (SSSR count). The van der Waals surface area contributed by atoms with Gasteiger partial charge in [0.2, 0.25) is 5.91 Å². The van der Waals surface area contributed by atoms with Gasteiger partial charge in [0.15, 0.2) is 0 Å². The van der Waals surface area contributed by atoms with Gasteiger partial charge in [0.05, 0.1) is 5.92 Å². The second-order valence-electron chi connectivity index (χ2n) is 2.91. The molecular formula is C8H13NO3. The van der Waals surface area contributed by atoms with Gasteiger partial charge in [0.25, 0.3) is 0 Å². The molecule has 0 aromatic rings. The standard InChI is InChI=1S/C8H13NO3/c1-5(10)3-7(8(9)12)4-6(2)11/h7H,3-4H2,1-2H3,(H2,9,12). The summed E-state index contributed by atoms with van der Waals surface area (Å²) in [6.07, 6.45) is 0.129. The van der Waals surface area contributed by atoms with Crippen LogP contribution in [0, 0.1) is 5.92 Å². The van der Waals surface area contributed by atoms with E-state index in [0.717, 1.165) is 0 Å². The van der Waals surface area contributed by atoms with Crippen molar-refractivity contribution in [1.82, 2.24) is 0 Å². The Bertz CT molecular complexity index is 194. The van der Waals surface area contributed by atoms with Crippen molar-refractivity contribution in [2.45, 2.75) is 26.7 Å². The number of primary amides is 1. The van der Waals surface area contributed by atoms with E-state index in [-0.39, 0.29) is 24.4 Å². The molecule has 4 heteroatoms. The van der Waals surface area contributed by atoms with E-state index >= 15 is 0 Å². The minimum Gasteiger partial charge on any atom is -0.369 e. The van der Waals surface area contributed by atoms with Gasteiger partial charge in [-0.25, -0.2) is 0 Å². The number of hydrogen-bond acceptors (Lipinski definition) is 3. The Morgan fingerprint density at radius 2 is 1.42 bits per heavy atom. The fraction of sp³-hybridized carbons (Fsp3) is 0.625. The molecular weight excluding hydrogens is 158 g/mol. The van der Waals surface area contributed by atoms with Gasteiger partial charge in [-0.3, -0.25) is 4.79 Å². The lowest BCUT2D eigenvalue weighted by atomic mass is 9.97. The first-order valence-electron chi connectivity index (χ1n) is 3.71. The van der Waals surface area contributed by atoms with E-state index < -0.39 is 11.8 Å². The third kappa shape index (κ3) is 4.60. The van der Waals surface area contributed by atoms with Gasteiger partial charge >= 0.3 is 0 Å². The molecule has 0 spiro atoms. The van der Waals surface area contributed by atoms with Gasteiger partial charge in [-0.1, -0.05) is 0 Å². The molecule has 0 aliphatic rings. The summed E-state index contributed by atoms with van der Waals surface area (Å²) >= 11 is 0. The highest BCUT2D eigenvalue weighted by molar-refractivity contribution is 5.89. The largest absolute Gasteiger partial charge is 0.369 e. The molecule has 4 nitrogen and oxygen atoms in total. The maximum absolute atomic E-state index is 10.7. The fourth-order valence-electron chi connectivity index (χ4n) is 0.967. The van der Waals surface area contributed by atoms with Crippen molar-refractivity contribution in [1.29, 1.82) is 0 Å². The summed E-state index contributed by atoms with van der Waals surface area (Å²) in [5.74, 6) is -1.46. The van der Waals surface area contributed by atoms with E-state index in [1.165, 1.54) is 13.8 Å². The van der Waals surface area contributed by atoms with Gasteiger partial charge < -0.3 is 15.3 Å². The van der Waals surface area contributed by atoms with E-state index in [1.54, 1.807) is 0 Å². The Balaban J connectivity index is 4.14. The highest BCUT2D eigenvalue weighted by Crippen LogP contribution is 2.08. The van der Waals surface area contributed by atoms with Gasteiger partial charge in [-0.2, -0.15) is 0 Å². The van der Waals surface area contributed by atoms with E-state index in [2.05, 4.69) is 0 Å². The van der Waals surface area contributed by atoms with E-state index in [1.807, 2.05) is 0 Å². The molecule has 0 bridgehead atoms. The fourth-order valence-corrected chi connectivity index (χ4v) is 0.967. The number of rotatable bonds is 5. The zero-order valence-corrected chi connectivity index (χ0v) is 7.29. The van der Waals surface area contributed by atoms with E-state index in [4.69, 9.17) is 5.73 Å². The van der Waals surface area contributed by atoms with Gasteiger partial charge in [0.1, 0.15) is 11.6 Å². The van der Waals surface area contributed by atoms with Crippen molar-refractivity contribution < 1.29 is 14.4 Å². The van der Waals surface area contributed by atoms with Gasteiger partial charge in [-0.15, -0.1) is 0 Å². The minimum absolute atomic E-state index is 0.0644. The molecule has 0 radical (unpaired) electrons. The number of amides is 1. The maximum atomic E-state index is 10.7. The minimum atomic E-state index is -0.625. The first kappa shape index (κ1) is 10.8. The molecule has 0 saturated carbocycles. The third-order valence-corrected chi connectivity index (χ3v) is 1.47. The van der Waals surface area contributed by atoms with Crippen LogP contribution in [0.5, 0.6) is 0 Å². The van der Waals surface area contributed by atoms with E-state index in [9.17, 15) is 14.4 Å². The Morgan fingerprint density at radius 3 is 1.58 bits per heavy atom. The summed E-state index contributed by atoms with van der Waals surface area (Å²) in [7, 11) is 0. The molecule has 0 aliphatic heterocycles. The van der Waals surface area contributed by atoms with Crippen molar-refractivity contribution in [2.24, 2.45) is 11.7 Å². The molecule has 0 aromatic carbocycles. The summed E-state index contributed by atoms with van der Waals surface area (Å²) < 4.78 is 0. The van der Waals surface area contributed by atoms with Crippen LogP contribution in [0.3, 0.4) is 0 Å². The Morgan fingerprint density at radius 1 is 1.08 bits per heavy atom. The topological polar surface area (TPSA) is 77.2 Å². The van der Waals surface area contributed by atoms with Crippen LogP contribution in [-0.4, -0.2) is 17.5 Å². The third-order valence-electron chi connectivity index (χ3n) is 1.47. The zero-order valence-electron chi connectivity index (χ0n) is 7.29. The van der Waals surface area contributed by atoms with Crippen LogP contribution in [0.2, 0.25) is 0 Å². The number of carbonyl (C=O) groups is 3. The van der Waals surface area contributed by atoms with Crippen LogP contribution >= 0.6 is 0 Å². The lowest BCUT2D eigenvalue weighted by Gasteiger charge is -2.07. The molecule has 0 heterocycles. The molecule has 0 aromatic heterocycles. The smallest absolute Gasteiger partial charge is 0.221 e. The van der Waals surface area contributed by atoms with Crippen LogP contribution < -0.4 is 5.73 Å². The average molecular weight is 171 g/mol. The van der Waals surface area contributed by atoms with Crippen LogP contribution in [0.25, 0.3) is 0 Å². The highest BCUT2D eigenvalue weighted by atomic mass is 16.2. The number of carbonyl (C=O) groups excluding carboxylic acids is 3. The van der Waals surface area contributed by atoms with Crippen LogP contribution in [0.15, 0.2) is 0 Å². The number of Topliss-reactive ketones (excluding diaryl/α,β-unsaturated/α-hetero) is 2. The molecule has 0 aliphatic carbocycles. The van der Waals surface area contributed by atoms with Crippen molar-refractivity contribution in [3.05, 3.63) is 0 Å². The Hall–Kier alpha value is -1.19. The predicted octanol–water partition coefficient (Wildman–Crippen LogP) is 0.0461. The summed E-state index contributed by atoms with van der Waals surface area (Å²) in [6.45, 7) is 2.74. The quantitative estimate of drug-likeness (QED) is 0.634. The molecule has 0 unspecified atom stereocenters. The molecule has 1 amide bonds. The number of hydrogen-bond donors (Lipinski definition) is 1. The molecule has 0 saturated heterocycles. The van der Waals surface area contributed by atoms with Crippen LogP contribution in [0.1, 0.15) is 26.7 Å². The average Bonchev–Trinajstić information content (AvgIpc) is 1.83. The normalized spacial score (nSPS) is 9.92. The monoisotopic (exact) mass is 171 g/mol.